The summed E-state index contributed by atoms with van der Waals surface area (Å²) in [7, 11) is 1.51. The number of amides is 1. The number of rotatable bonds is 6. The van der Waals surface area contributed by atoms with Crippen molar-refractivity contribution < 1.29 is 23.0 Å². The lowest BCUT2D eigenvalue weighted by atomic mass is 10.3. The molecule has 1 amide bonds. The van der Waals surface area contributed by atoms with Gasteiger partial charge in [-0.3, -0.25) is 4.79 Å². The summed E-state index contributed by atoms with van der Waals surface area (Å²) < 4.78 is 35.9. The third-order valence-corrected chi connectivity index (χ3v) is 2.75. The molecule has 0 unspecified atom stereocenters. The first-order valence-electron chi connectivity index (χ1n) is 6.42. The van der Waals surface area contributed by atoms with Crippen molar-refractivity contribution in [3.05, 3.63) is 53.7 Å². The van der Waals surface area contributed by atoms with Gasteiger partial charge in [-0.2, -0.15) is 0 Å². The van der Waals surface area contributed by atoms with Gasteiger partial charge in [0.25, 0.3) is 5.91 Å². The minimum absolute atomic E-state index is 0.178. The van der Waals surface area contributed by atoms with Crippen LogP contribution in [0.2, 0.25) is 0 Å². The smallest absolute Gasteiger partial charge is 0.258 e. The fraction of sp³-hybridized carbons (Fsp3) is 0.200. The number of nitrogens with one attached hydrogen (secondary N) is 1. The maximum absolute atomic E-state index is 13.3. The van der Waals surface area contributed by atoms with E-state index in [1.165, 1.54) is 7.11 Å². The summed E-state index contributed by atoms with van der Waals surface area (Å²) in [5.74, 6) is -1.69. The predicted molar refractivity (Wildman–Crippen MR) is 74.5 cm³/mol. The molecule has 7 heteroatoms. The number of nitrogens with zero attached hydrogens (tertiary/aromatic N) is 1. The Bertz CT molecular complexity index is 648. The van der Waals surface area contributed by atoms with E-state index in [1.54, 1.807) is 18.3 Å². The Labute approximate surface area is 125 Å². The van der Waals surface area contributed by atoms with Crippen molar-refractivity contribution in [2.45, 2.75) is 6.54 Å². The number of aromatic nitrogens is 1. The van der Waals surface area contributed by atoms with Gasteiger partial charge >= 0.3 is 0 Å². The van der Waals surface area contributed by atoms with Crippen LogP contribution < -0.4 is 14.8 Å². The van der Waals surface area contributed by atoms with Crippen LogP contribution in [-0.4, -0.2) is 24.6 Å². The Morgan fingerprint density at radius 1 is 1.27 bits per heavy atom. The molecule has 1 heterocycles. The number of carbonyl (C=O) groups excluding carboxylic acids is 1. The maximum atomic E-state index is 13.3. The molecule has 1 aromatic heterocycles. The van der Waals surface area contributed by atoms with E-state index in [4.69, 9.17) is 9.47 Å². The van der Waals surface area contributed by atoms with E-state index < -0.39 is 17.5 Å². The van der Waals surface area contributed by atoms with E-state index in [0.717, 1.165) is 17.7 Å². The van der Waals surface area contributed by atoms with Crippen molar-refractivity contribution in [1.29, 1.82) is 0 Å². The molecule has 1 N–H and O–H groups in total. The topological polar surface area (TPSA) is 60.5 Å². The molecule has 0 saturated carbocycles. The van der Waals surface area contributed by atoms with Gasteiger partial charge in [-0.15, -0.1) is 0 Å². The van der Waals surface area contributed by atoms with E-state index in [9.17, 15) is 13.6 Å². The quantitative estimate of drug-likeness (QED) is 0.887. The van der Waals surface area contributed by atoms with E-state index >= 15 is 0 Å². The minimum atomic E-state index is -0.854. The van der Waals surface area contributed by atoms with Crippen LogP contribution in [0.15, 0.2) is 36.5 Å². The lowest BCUT2D eigenvalue weighted by molar-refractivity contribution is -0.123. The lowest BCUT2D eigenvalue weighted by Gasteiger charge is -2.08. The number of hydrogen-bond acceptors (Lipinski definition) is 4. The average molecular weight is 308 g/mol. The van der Waals surface area contributed by atoms with Crippen LogP contribution in [0, 0.1) is 11.6 Å². The highest BCUT2D eigenvalue weighted by atomic mass is 19.1. The van der Waals surface area contributed by atoms with Crippen LogP contribution in [0.5, 0.6) is 11.6 Å². The number of benzene rings is 1. The third kappa shape index (κ3) is 4.41. The standard InChI is InChI=1S/C15H14F2N2O3/c1-21-15-5-2-10(8-19-15)7-18-14(20)9-22-13-4-3-11(16)6-12(13)17/h2-6,8H,7,9H2,1H3,(H,18,20). The van der Waals surface area contributed by atoms with Crippen molar-refractivity contribution >= 4 is 5.91 Å². The van der Waals surface area contributed by atoms with Crippen LogP contribution in [0.25, 0.3) is 0 Å². The van der Waals surface area contributed by atoms with Crippen molar-refractivity contribution in [3.63, 3.8) is 0 Å². The summed E-state index contributed by atoms with van der Waals surface area (Å²) in [6, 6.07) is 6.30. The monoisotopic (exact) mass is 308 g/mol. The number of methoxy groups -OCH3 is 1. The van der Waals surface area contributed by atoms with Gasteiger partial charge in [-0.1, -0.05) is 6.07 Å². The van der Waals surface area contributed by atoms with Crippen LogP contribution in [-0.2, 0) is 11.3 Å². The molecule has 0 atom stereocenters. The van der Waals surface area contributed by atoms with Gasteiger partial charge in [0, 0.05) is 24.9 Å². The Morgan fingerprint density at radius 3 is 2.73 bits per heavy atom. The van der Waals surface area contributed by atoms with Crippen molar-refractivity contribution in [3.8, 4) is 11.6 Å². The maximum Gasteiger partial charge on any atom is 0.258 e. The minimum Gasteiger partial charge on any atom is -0.481 e. The molecule has 1 aromatic carbocycles. The fourth-order valence-electron chi connectivity index (χ4n) is 1.62. The average Bonchev–Trinajstić information content (AvgIpc) is 2.52. The molecule has 0 aliphatic carbocycles. The molecule has 0 saturated heterocycles. The van der Waals surface area contributed by atoms with Gasteiger partial charge in [0.2, 0.25) is 5.88 Å². The Balaban J connectivity index is 1.80. The van der Waals surface area contributed by atoms with Gasteiger partial charge in [-0.25, -0.2) is 13.8 Å². The molecule has 5 nitrogen and oxygen atoms in total. The molecule has 0 aliphatic rings. The van der Waals surface area contributed by atoms with E-state index in [2.05, 4.69) is 10.3 Å². The highest BCUT2D eigenvalue weighted by Crippen LogP contribution is 2.17. The number of halogens is 2. The molecule has 2 aromatic rings. The summed E-state index contributed by atoms with van der Waals surface area (Å²) in [6.45, 7) is -0.114. The zero-order valence-corrected chi connectivity index (χ0v) is 11.8. The summed E-state index contributed by atoms with van der Waals surface area (Å²) in [5.41, 5.74) is 0.780. The molecular weight excluding hydrogens is 294 g/mol. The lowest BCUT2D eigenvalue weighted by Crippen LogP contribution is -2.28. The molecule has 0 bridgehead atoms. The van der Waals surface area contributed by atoms with E-state index in [1.807, 2.05) is 0 Å². The normalized spacial score (nSPS) is 10.1. The summed E-state index contributed by atoms with van der Waals surface area (Å²) in [6.07, 6.45) is 1.57. The summed E-state index contributed by atoms with van der Waals surface area (Å²) in [5, 5.41) is 2.60. The van der Waals surface area contributed by atoms with Crippen molar-refractivity contribution in [2.75, 3.05) is 13.7 Å². The Morgan fingerprint density at radius 2 is 2.09 bits per heavy atom. The van der Waals surface area contributed by atoms with Gasteiger partial charge < -0.3 is 14.8 Å². The largest absolute Gasteiger partial charge is 0.481 e. The molecule has 22 heavy (non-hydrogen) atoms. The first kappa shape index (κ1) is 15.7. The molecule has 116 valence electrons. The Hall–Kier alpha value is -2.70. The second-order valence-electron chi connectivity index (χ2n) is 4.35. The summed E-state index contributed by atoms with van der Waals surface area (Å²) >= 11 is 0. The molecule has 2 rings (SSSR count). The highest BCUT2D eigenvalue weighted by Gasteiger charge is 2.08. The Kier molecular flexibility index (Phi) is 5.24. The van der Waals surface area contributed by atoms with Crippen LogP contribution in [0.4, 0.5) is 8.78 Å². The van der Waals surface area contributed by atoms with E-state index in [-0.39, 0.29) is 18.9 Å². The second-order valence-corrected chi connectivity index (χ2v) is 4.35. The number of carbonyl (C=O) groups is 1. The van der Waals surface area contributed by atoms with E-state index in [0.29, 0.717) is 11.9 Å². The molecular formula is C15H14F2N2O3. The second kappa shape index (κ2) is 7.35. The zero-order chi connectivity index (χ0) is 15.9. The first-order chi connectivity index (χ1) is 10.6. The molecule has 0 aliphatic heterocycles. The fourth-order valence-corrected chi connectivity index (χ4v) is 1.62. The van der Waals surface area contributed by atoms with Crippen molar-refractivity contribution in [2.24, 2.45) is 0 Å². The third-order valence-electron chi connectivity index (χ3n) is 2.75. The number of pyridine rings is 1. The van der Waals surface area contributed by atoms with Crippen LogP contribution in [0.1, 0.15) is 5.56 Å². The van der Waals surface area contributed by atoms with Gasteiger partial charge in [0.05, 0.1) is 7.11 Å². The van der Waals surface area contributed by atoms with Crippen molar-refractivity contribution in [1.82, 2.24) is 10.3 Å². The molecule has 0 fully saturated rings. The van der Waals surface area contributed by atoms with Gasteiger partial charge in [0.15, 0.2) is 18.2 Å². The predicted octanol–water partition coefficient (Wildman–Crippen LogP) is 2.06. The first-order valence-corrected chi connectivity index (χ1v) is 6.42. The zero-order valence-electron chi connectivity index (χ0n) is 11.8. The van der Waals surface area contributed by atoms with Crippen LogP contribution >= 0.6 is 0 Å². The molecule has 0 spiro atoms. The highest BCUT2D eigenvalue weighted by molar-refractivity contribution is 5.77. The molecule has 0 radical (unpaired) electrons. The summed E-state index contributed by atoms with van der Waals surface area (Å²) in [4.78, 5) is 15.6. The number of ether oxygens (including phenoxy) is 2. The van der Waals surface area contributed by atoms with Gasteiger partial charge in [0.1, 0.15) is 5.82 Å². The number of hydrogen-bond donors (Lipinski definition) is 1. The van der Waals surface area contributed by atoms with Gasteiger partial charge in [-0.05, 0) is 17.7 Å². The SMILES string of the molecule is COc1ccc(CNC(=O)COc2ccc(F)cc2F)cn1. The van der Waals surface area contributed by atoms with Crippen LogP contribution in [0.3, 0.4) is 0 Å².